The number of rotatable bonds is 6. The molecule has 0 aromatic heterocycles. The van der Waals surface area contributed by atoms with Crippen LogP contribution in [0.25, 0.3) is 0 Å². The fraction of sp³-hybridized carbons (Fsp3) is 0.208. The van der Waals surface area contributed by atoms with Crippen molar-refractivity contribution in [2.75, 3.05) is 0 Å². The molecule has 3 aromatic carbocycles. The van der Waals surface area contributed by atoms with E-state index >= 15 is 0 Å². The molecule has 2 unspecified atom stereocenters. The first-order chi connectivity index (χ1) is 13.6. The highest BCUT2D eigenvalue weighted by Crippen LogP contribution is 2.49. The Kier molecular flexibility index (Phi) is 5.20. The molecule has 28 heavy (non-hydrogen) atoms. The molecule has 2 nitrogen and oxygen atoms in total. The maximum Gasteiger partial charge on any atom is 0.145 e. The minimum absolute atomic E-state index is 0.0548. The molecular formula is C24H21F2NO. The zero-order chi connectivity index (χ0) is 19.5. The van der Waals surface area contributed by atoms with Crippen molar-refractivity contribution in [3.05, 3.63) is 107 Å². The van der Waals surface area contributed by atoms with Crippen molar-refractivity contribution >= 4 is 5.71 Å². The zero-order valence-electron chi connectivity index (χ0n) is 15.6. The summed E-state index contributed by atoms with van der Waals surface area (Å²) in [5.74, 6) is -0.0403. The molecule has 0 spiro atoms. The smallest absolute Gasteiger partial charge is 0.145 e. The van der Waals surface area contributed by atoms with Crippen molar-refractivity contribution < 1.29 is 13.6 Å². The van der Waals surface area contributed by atoms with Crippen molar-refractivity contribution in [3.63, 3.8) is 0 Å². The van der Waals surface area contributed by atoms with Crippen LogP contribution in [0, 0.1) is 24.5 Å². The largest absolute Gasteiger partial charge is 0.391 e. The maximum atomic E-state index is 13.8. The summed E-state index contributed by atoms with van der Waals surface area (Å²) in [4.78, 5) is 5.51. The van der Waals surface area contributed by atoms with E-state index in [1.165, 1.54) is 29.3 Å². The van der Waals surface area contributed by atoms with Crippen LogP contribution in [-0.2, 0) is 11.4 Å². The monoisotopic (exact) mass is 377 g/mol. The normalized spacial score (nSPS) is 18.8. The molecule has 0 bridgehead atoms. The van der Waals surface area contributed by atoms with Crippen LogP contribution in [0.2, 0.25) is 0 Å². The highest BCUT2D eigenvalue weighted by atomic mass is 19.1. The van der Waals surface area contributed by atoms with Gasteiger partial charge in [-0.15, -0.1) is 0 Å². The van der Waals surface area contributed by atoms with Gasteiger partial charge in [0.2, 0.25) is 0 Å². The van der Waals surface area contributed by atoms with Crippen LogP contribution in [0.3, 0.4) is 0 Å². The highest BCUT2D eigenvalue weighted by molar-refractivity contribution is 6.04. The van der Waals surface area contributed by atoms with Crippen LogP contribution in [-0.4, -0.2) is 5.71 Å². The van der Waals surface area contributed by atoms with Gasteiger partial charge in [0.15, 0.2) is 0 Å². The molecule has 1 saturated carbocycles. The standard InChI is InChI=1S/C24H21F2NO/c1-16-6-8-17(9-7-16)21-14-22(21)24(18-10-12-20(25)13-11-18)27-28-15-19-4-2-3-5-23(19)26/h2-13,21-22H,14-15H2,1H3/b27-24+. The van der Waals surface area contributed by atoms with Gasteiger partial charge in [-0.2, -0.15) is 0 Å². The van der Waals surface area contributed by atoms with Gasteiger partial charge in [-0.25, -0.2) is 8.78 Å². The average Bonchev–Trinajstić information content (AvgIpc) is 3.49. The van der Waals surface area contributed by atoms with Gasteiger partial charge in [0.05, 0.1) is 5.71 Å². The van der Waals surface area contributed by atoms with Crippen molar-refractivity contribution in [1.82, 2.24) is 0 Å². The van der Waals surface area contributed by atoms with Crippen molar-refractivity contribution in [1.29, 1.82) is 0 Å². The Morgan fingerprint density at radius 3 is 2.39 bits per heavy atom. The molecule has 1 fully saturated rings. The minimum Gasteiger partial charge on any atom is -0.391 e. The third-order valence-electron chi connectivity index (χ3n) is 5.13. The van der Waals surface area contributed by atoms with Crippen molar-refractivity contribution in [2.24, 2.45) is 11.1 Å². The van der Waals surface area contributed by atoms with Crippen LogP contribution in [0.5, 0.6) is 0 Å². The van der Waals surface area contributed by atoms with Gasteiger partial charge in [-0.05, 0) is 48.6 Å². The van der Waals surface area contributed by atoms with Crippen LogP contribution in [0.4, 0.5) is 8.78 Å². The second-order valence-corrected chi connectivity index (χ2v) is 7.21. The topological polar surface area (TPSA) is 21.6 Å². The van der Waals surface area contributed by atoms with Gasteiger partial charge >= 0.3 is 0 Å². The predicted octanol–water partition coefficient (Wildman–Crippen LogP) is 6.00. The Balaban J connectivity index is 1.55. The summed E-state index contributed by atoms with van der Waals surface area (Å²) < 4.78 is 27.1. The third-order valence-corrected chi connectivity index (χ3v) is 5.13. The first kappa shape index (κ1) is 18.4. The number of nitrogens with zero attached hydrogens (tertiary/aromatic N) is 1. The van der Waals surface area contributed by atoms with Gasteiger partial charge < -0.3 is 4.84 Å². The summed E-state index contributed by atoms with van der Waals surface area (Å²) in [5, 5.41) is 4.34. The Hall–Kier alpha value is -3.01. The summed E-state index contributed by atoms with van der Waals surface area (Å²) in [6.07, 6.45) is 0.961. The Labute approximate surface area is 163 Å². The lowest BCUT2D eigenvalue weighted by Crippen LogP contribution is -2.07. The molecule has 0 saturated heterocycles. The number of oxime groups is 1. The van der Waals surface area contributed by atoms with E-state index in [9.17, 15) is 8.78 Å². The molecule has 2 atom stereocenters. The van der Waals surface area contributed by atoms with Gasteiger partial charge in [0.1, 0.15) is 18.2 Å². The quantitative estimate of drug-likeness (QED) is 0.381. The van der Waals surface area contributed by atoms with E-state index in [0.29, 0.717) is 11.5 Å². The molecule has 3 aromatic rings. The fourth-order valence-corrected chi connectivity index (χ4v) is 3.42. The van der Waals surface area contributed by atoms with E-state index in [1.807, 2.05) is 0 Å². The minimum atomic E-state index is -0.315. The van der Waals surface area contributed by atoms with Crippen LogP contribution in [0.1, 0.15) is 34.6 Å². The van der Waals surface area contributed by atoms with Crippen LogP contribution in [0.15, 0.2) is 78.0 Å². The molecule has 0 aliphatic heterocycles. The average molecular weight is 377 g/mol. The number of halogens is 2. The summed E-state index contributed by atoms with van der Waals surface area (Å²) in [6.45, 7) is 2.12. The lowest BCUT2D eigenvalue weighted by atomic mass is 10.0. The molecule has 142 valence electrons. The highest BCUT2D eigenvalue weighted by Gasteiger charge is 2.43. The molecular weight excluding hydrogens is 356 g/mol. The Morgan fingerprint density at radius 2 is 1.68 bits per heavy atom. The zero-order valence-corrected chi connectivity index (χ0v) is 15.6. The summed E-state index contributed by atoms with van der Waals surface area (Å²) in [7, 11) is 0. The lowest BCUT2D eigenvalue weighted by Gasteiger charge is -2.08. The van der Waals surface area contributed by atoms with E-state index in [-0.39, 0.29) is 24.2 Å². The van der Waals surface area contributed by atoms with E-state index < -0.39 is 0 Å². The van der Waals surface area contributed by atoms with Gasteiger partial charge in [-0.1, -0.05) is 65.3 Å². The molecule has 0 N–H and O–H groups in total. The Morgan fingerprint density at radius 1 is 0.964 bits per heavy atom. The SMILES string of the molecule is Cc1ccc(C2CC2/C(=N/OCc2ccccc2F)c2ccc(F)cc2)cc1. The van der Waals surface area contributed by atoms with Gasteiger partial charge in [0.25, 0.3) is 0 Å². The van der Waals surface area contributed by atoms with E-state index in [2.05, 4.69) is 36.3 Å². The first-order valence-corrected chi connectivity index (χ1v) is 9.37. The Bertz CT molecular complexity index is 980. The molecule has 0 heterocycles. The molecule has 1 aliphatic rings. The van der Waals surface area contributed by atoms with Crippen LogP contribution < -0.4 is 0 Å². The number of hydrogen-bond donors (Lipinski definition) is 0. The first-order valence-electron chi connectivity index (χ1n) is 9.37. The second-order valence-electron chi connectivity index (χ2n) is 7.21. The van der Waals surface area contributed by atoms with E-state index in [1.54, 1.807) is 30.3 Å². The van der Waals surface area contributed by atoms with Crippen LogP contribution >= 0.6 is 0 Å². The number of benzene rings is 3. The summed E-state index contributed by atoms with van der Waals surface area (Å²) in [6, 6.07) is 21.2. The molecule has 4 rings (SSSR count). The predicted molar refractivity (Wildman–Crippen MR) is 106 cm³/mol. The van der Waals surface area contributed by atoms with Gasteiger partial charge in [-0.3, -0.25) is 0 Å². The van der Waals surface area contributed by atoms with Crippen molar-refractivity contribution in [3.8, 4) is 0 Å². The van der Waals surface area contributed by atoms with Crippen molar-refractivity contribution in [2.45, 2.75) is 25.9 Å². The molecule has 1 aliphatic carbocycles. The third kappa shape index (κ3) is 4.11. The lowest BCUT2D eigenvalue weighted by molar-refractivity contribution is 0.127. The molecule has 4 heteroatoms. The van der Waals surface area contributed by atoms with E-state index in [0.717, 1.165) is 17.7 Å². The number of aryl methyl sites for hydroxylation is 1. The second kappa shape index (κ2) is 7.93. The van der Waals surface area contributed by atoms with E-state index in [4.69, 9.17) is 4.84 Å². The summed E-state index contributed by atoms with van der Waals surface area (Å²) in [5.41, 5.74) is 4.55. The summed E-state index contributed by atoms with van der Waals surface area (Å²) >= 11 is 0. The molecule has 0 radical (unpaired) electrons. The number of hydrogen-bond acceptors (Lipinski definition) is 2. The molecule has 0 amide bonds. The fourth-order valence-electron chi connectivity index (χ4n) is 3.42. The maximum absolute atomic E-state index is 13.8. The van der Waals surface area contributed by atoms with Gasteiger partial charge in [0, 0.05) is 11.5 Å².